The fourth-order valence-electron chi connectivity index (χ4n) is 2.05. The molecule has 0 radical (unpaired) electrons. The quantitative estimate of drug-likeness (QED) is 0.745. The minimum absolute atomic E-state index is 0.428. The van der Waals surface area contributed by atoms with Crippen molar-refractivity contribution in [2.24, 2.45) is 0 Å². The molecule has 0 saturated carbocycles. The van der Waals surface area contributed by atoms with E-state index in [0.717, 1.165) is 18.5 Å². The number of hydrogen-bond acceptors (Lipinski definition) is 4. The number of nitrogens with zero attached hydrogens (tertiary/aromatic N) is 3. The van der Waals surface area contributed by atoms with Crippen molar-refractivity contribution in [3.05, 3.63) is 29.7 Å². The van der Waals surface area contributed by atoms with E-state index < -0.39 is 0 Å². The molecule has 1 saturated heterocycles. The van der Waals surface area contributed by atoms with Crippen molar-refractivity contribution in [3.63, 3.8) is 0 Å². The molecule has 2 aromatic heterocycles. The van der Waals surface area contributed by atoms with Gasteiger partial charge in [-0.15, -0.1) is 10.2 Å². The number of aromatic nitrogens is 3. The Bertz CT molecular complexity index is 531. The topological polar surface area (TPSA) is 47.3 Å². The van der Waals surface area contributed by atoms with Crippen molar-refractivity contribution in [2.75, 3.05) is 5.75 Å². The summed E-state index contributed by atoms with van der Waals surface area (Å²) in [6.07, 6.45) is 5.14. The summed E-state index contributed by atoms with van der Waals surface area (Å²) in [6.45, 7) is 0. The number of aldehydes is 1. The van der Waals surface area contributed by atoms with Crippen LogP contribution >= 0.6 is 11.8 Å². The van der Waals surface area contributed by atoms with Gasteiger partial charge in [0.05, 0.1) is 10.8 Å². The molecule has 0 N–H and O–H groups in total. The van der Waals surface area contributed by atoms with Gasteiger partial charge in [0.1, 0.15) is 0 Å². The highest BCUT2D eigenvalue weighted by atomic mass is 32.2. The summed E-state index contributed by atoms with van der Waals surface area (Å²) in [7, 11) is 0. The second kappa shape index (κ2) is 3.90. The number of rotatable bonds is 2. The summed E-state index contributed by atoms with van der Waals surface area (Å²) in [5, 5.41) is 8.75. The Kier molecular flexibility index (Phi) is 2.40. The maximum Gasteiger partial charge on any atom is 0.171 e. The summed E-state index contributed by atoms with van der Waals surface area (Å²) in [4.78, 5) is 10.9. The second-order valence-corrected chi connectivity index (χ2v) is 5.15. The summed E-state index contributed by atoms with van der Waals surface area (Å²) in [5.74, 6) is 2.16. The van der Waals surface area contributed by atoms with Crippen LogP contribution in [0.15, 0.2) is 18.3 Å². The first kappa shape index (κ1) is 9.84. The zero-order valence-electron chi connectivity index (χ0n) is 8.67. The Morgan fingerprint density at radius 2 is 2.44 bits per heavy atom. The van der Waals surface area contributed by atoms with Gasteiger partial charge < -0.3 is 0 Å². The highest BCUT2D eigenvalue weighted by molar-refractivity contribution is 7.99. The van der Waals surface area contributed by atoms with Crippen LogP contribution in [0.2, 0.25) is 0 Å². The molecule has 16 heavy (non-hydrogen) atoms. The zero-order chi connectivity index (χ0) is 11.0. The molecule has 5 heteroatoms. The van der Waals surface area contributed by atoms with Crippen LogP contribution in [0.4, 0.5) is 0 Å². The average molecular weight is 233 g/mol. The van der Waals surface area contributed by atoms with Gasteiger partial charge in [-0.1, -0.05) is 0 Å². The lowest BCUT2D eigenvalue weighted by Gasteiger charge is -2.05. The van der Waals surface area contributed by atoms with Gasteiger partial charge in [0.25, 0.3) is 0 Å². The lowest BCUT2D eigenvalue weighted by atomic mass is 10.2. The van der Waals surface area contributed by atoms with Crippen LogP contribution in [0, 0.1) is 0 Å². The first-order chi connectivity index (χ1) is 7.90. The monoisotopic (exact) mass is 233 g/mol. The van der Waals surface area contributed by atoms with E-state index in [-0.39, 0.29) is 0 Å². The van der Waals surface area contributed by atoms with E-state index >= 15 is 0 Å². The van der Waals surface area contributed by atoms with E-state index in [2.05, 4.69) is 10.2 Å². The van der Waals surface area contributed by atoms with Crippen LogP contribution in [-0.2, 0) is 0 Å². The van der Waals surface area contributed by atoms with Crippen molar-refractivity contribution in [1.29, 1.82) is 0 Å². The minimum Gasteiger partial charge on any atom is -0.298 e. The Balaban J connectivity index is 2.16. The van der Waals surface area contributed by atoms with Crippen molar-refractivity contribution in [3.8, 4) is 0 Å². The molecule has 1 aliphatic heterocycles. The summed E-state index contributed by atoms with van der Waals surface area (Å²) in [6, 6.07) is 3.63. The zero-order valence-corrected chi connectivity index (χ0v) is 9.48. The van der Waals surface area contributed by atoms with Crippen LogP contribution in [-0.4, -0.2) is 26.6 Å². The third-order valence-electron chi connectivity index (χ3n) is 2.84. The Morgan fingerprint density at radius 3 is 3.19 bits per heavy atom. The molecule has 0 aliphatic carbocycles. The smallest absolute Gasteiger partial charge is 0.171 e. The molecule has 1 aliphatic rings. The largest absolute Gasteiger partial charge is 0.298 e. The number of hydrogen-bond donors (Lipinski definition) is 0. The Morgan fingerprint density at radius 1 is 1.50 bits per heavy atom. The maximum atomic E-state index is 10.9. The van der Waals surface area contributed by atoms with Gasteiger partial charge in [0.15, 0.2) is 17.8 Å². The molecule has 2 aromatic rings. The first-order valence-corrected chi connectivity index (χ1v) is 6.35. The summed E-state index contributed by atoms with van der Waals surface area (Å²) in [5.41, 5.74) is 1.27. The van der Waals surface area contributed by atoms with Crippen molar-refractivity contribution in [2.45, 2.75) is 18.1 Å². The minimum atomic E-state index is 0.428. The molecule has 1 unspecified atom stereocenters. The molecule has 82 valence electrons. The molecule has 0 amide bonds. The second-order valence-electron chi connectivity index (χ2n) is 3.83. The summed E-state index contributed by atoms with van der Waals surface area (Å²) >= 11 is 1.92. The predicted molar refractivity (Wildman–Crippen MR) is 62.8 cm³/mol. The normalized spacial score (nSPS) is 20.4. The molecule has 3 rings (SSSR count). The summed E-state index contributed by atoms with van der Waals surface area (Å²) < 4.78 is 1.94. The molecular formula is C11H11N3OS. The fourth-order valence-corrected chi connectivity index (χ4v) is 3.31. The Hall–Kier alpha value is -1.36. The third kappa shape index (κ3) is 1.43. The van der Waals surface area contributed by atoms with E-state index in [4.69, 9.17) is 0 Å². The van der Waals surface area contributed by atoms with Gasteiger partial charge in [-0.25, -0.2) is 0 Å². The third-order valence-corrected chi connectivity index (χ3v) is 4.21. The highest BCUT2D eigenvalue weighted by Crippen LogP contribution is 2.38. The molecule has 3 heterocycles. The van der Waals surface area contributed by atoms with Crippen LogP contribution in [0.1, 0.15) is 34.3 Å². The predicted octanol–water partition coefficient (Wildman–Crippen LogP) is 2.11. The molecular weight excluding hydrogens is 222 g/mol. The molecule has 0 spiro atoms. The average Bonchev–Trinajstić information content (AvgIpc) is 2.96. The Labute approximate surface area is 97.1 Å². The van der Waals surface area contributed by atoms with Crippen LogP contribution in [0.3, 0.4) is 0 Å². The SMILES string of the molecule is O=Cc1cccn2c(C3CCCS3)nnc12. The number of carbonyl (C=O) groups is 1. The van der Waals surface area contributed by atoms with Crippen LogP contribution in [0.5, 0.6) is 0 Å². The lowest BCUT2D eigenvalue weighted by molar-refractivity contribution is 0.112. The number of pyridine rings is 1. The number of thioether (sulfide) groups is 1. The van der Waals surface area contributed by atoms with Crippen molar-refractivity contribution >= 4 is 23.7 Å². The lowest BCUT2D eigenvalue weighted by Crippen LogP contribution is -1.98. The van der Waals surface area contributed by atoms with Gasteiger partial charge in [-0.05, 0) is 30.7 Å². The van der Waals surface area contributed by atoms with Gasteiger partial charge in [0, 0.05) is 6.20 Å². The van der Waals surface area contributed by atoms with Crippen LogP contribution in [0.25, 0.3) is 5.65 Å². The van der Waals surface area contributed by atoms with Gasteiger partial charge in [-0.2, -0.15) is 11.8 Å². The fraction of sp³-hybridized carbons (Fsp3) is 0.364. The highest BCUT2D eigenvalue weighted by Gasteiger charge is 2.23. The van der Waals surface area contributed by atoms with E-state index in [1.54, 1.807) is 6.07 Å². The standard InChI is InChI=1S/C11H11N3OS/c15-7-8-3-1-5-14-10(8)12-13-11(14)9-4-2-6-16-9/h1,3,5,7,9H,2,4,6H2. The van der Waals surface area contributed by atoms with Gasteiger partial charge in [0.2, 0.25) is 0 Å². The maximum absolute atomic E-state index is 10.9. The molecule has 4 nitrogen and oxygen atoms in total. The molecule has 0 aromatic carbocycles. The molecule has 1 atom stereocenters. The first-order valence-electron chi connectivity index (χ1n) is 5.30. The number of fused-ring (bicyclic) bond motifs is 1. The number of carbonyl (C=O) groups excluding carboxylic acids is 1. The molecule has 1 fully saturated rings. The van der Waals surface area contributed by atoms with E-state index in [0.29, 0.717) is 16.5 Å². The van der Waals surface area contributed by atoms with E-state index in [1.165, 1.54) is 12.2 Å². The van der Waals surface area contributed by atoms with E-state index in [1.807, 2.05) is 28.4 Å². The van der Waals surface area contributed by atoms with E-state index in [9.17, 15) is 4.79 Å². The van der Waals surface area contributed by atoms with Gasteiger partial charge in [-0.3, -0.25) is 9.20 Å². The van der Waals surface area contributed by atoms with Crippen molar-refractivity contribution < 1.29 is 4.79 Å². The van der Waals surface area contributed by atoms with Crippen molar-refractivity contribution in [1.82, 2.24) is 14.6 Å². The van der Waals surface area contributed by atoms with Crippen LogP contribution < -0.4 is 0 Å². The van der Waals surface area contributed by atoms with Gasteiger partial charge >= 0.3 is 0 Å². The molecule has 0 bridgehead atoms.